The maximum absolute atomic E-state index is 11.8. The Labute approximate surface area is 122 Å². The number of carbonyl (C=O) groups is 4. The molecule has 0 aliphatic heterocycles. The van der Waals surface area contributed by atoms with Gasteiger partial charge in [0.05, 0.1) is 7.11 Å². The van der Waals surface area contributed by atoms with Crippen molar-refractivity contribution in [2.24, 2.45) is 0 Å². The maximum Gasteiger partial charge on any atom is 0.326 e. The summed E-state index contributed by atoms with van der Waals surface area (Å²) in [5.74, 6) is -2.12. The molecule has 0 unspecified atom stereocenters. The molecule has 0 bridgehead atoms. The molecule has 0 rings (SSSR count). The van der Waals surface area contributed by atoms with E-state index in [0.29, 0.717) is 0 Å². The zero-order valence-corrected chi connectivity index (χ0v) is 12.6. The molecule has 0 saturated heterocycles. The Morgan fingerprint density at radius 2 is 1.76 bits per heavy atom. The Morgan fingerprint density at radius 3 is 2.19 bits per heavy atom. The van der Waals surface area contributed by atoms with Crippen molar-refractivity contribution in [2.75, 3.05) is 34.8 Å². The highest BCUT2D eigenvalue weighted by Crippen LogP contribution is 2.01. The number of nitrogens with zero attached hydrogens (tertiary/aromatic N) is 2. The lowest BCUT2D eigenvalue weighted by Gasteiger charge is -2.22. The Kier molecular flexibility index (Phi) is 7.80. The van der Waals surface area contributed by atoms with Crippen LogP contribution in [0.4, 0.5) is 4.79 Å². The highest BCUT2D eigenvalue weighted by Gasteiger charge is 2.23. The maximum atomic E-state index is 11.8. The van der Waals surface area contributed by atoms with Gasteiger partial charge in [-0.1, -0.05) is 0 Å². The van der Waals surface area contributed by atoms with E-state index in [0.717, 1.165) is 4.90 Å². The third kappa shape index (κ3) is 7.14. The molecular formula is C12H21N3O6. The number of carboxylic acids is 1. The fourth-order valence-corrected chi connectivity index (χ4v) is 1.30. The molecule has 0 saturated carbocycles. The molecule has 0 aromatic heterocycles. The first-order valence-electron chi connectivity index (χ1n) is 6.20. The number of likely N-dealkylation sites (N-methyl/N-ethyl adjacent to an activating group) is 2. The van der Waals surface area contributed by atoms with Gasteiger partial charge in [-0.25, -0.2) is 9.59 Å². The number of nitrogens with one attached hydrogen (secondary N) is 1. The molecule has 0 heterocycles. The topological polar surface area (TPSA) is 116 Å². The predicted molar refractivity (Wildman–Crippen MR) is 72.5 cm³/mol. The molecule has 0 spiro atoms. The fraction of sp³-hybridized carbons (Fsp3) is 0.667. The van der Waals surface area contributed by atoms with E-state index in [4.69, 9.17) is 5.11 Å². The standard InChI is InChI=1S/C12H21N3O6/c1-14(2)9(16)7-15(3)12(20)13-8(11(18)19)5-6-10(17)21-4/h8H,5-7H2,1-4H3,(H,13,20)(H,18,19)/t8-/m1/s1. The van der Waals surface area contributed by atoms with Gasteiger partial charge in [0, 0.05) is 27.6 Å². The van der Waals surface area contributed by atoms with E-state index < -0.39 is 24.0 Å². The number of carbonyl (C=O) groups excluding carboxylic acids is 3. The monoisotopic (exact) mass is 303 g/mol. The molecule has 120 valence electrons. The average Bonchev–Trinajstić information content (AvgIpc) is 2.41. The van der Waals surface area contributed by atoms with Crippen LogP contribution in [0.15, 0.2) is 0 Å². The number of rotatable bonds is 7. The summed E-state index contributed by atoms with van der Waals surface area (Å²) in [5, 5.41) is 11.2. The van der Waals surface area contributed by atoms with Crippen molar-refractivity contribution in [3.05, 3.63) is 0 Å². The van der Waals surface area contributed by atoms with Crippen LogP contribution in [0, 0.1) is 0 Å². The second kappa shape index (κ2) is 8.77. The minimum absolute atomic E-state index is 0.0940. The lowest BCUT2D eigenvalue weighted by molar-refractivity contribution is -0.142. The number of hydrogen-bond acceptors (Lipinski definition) is 5. The fourth-order valence-electron chi connectivity index (χ4n) is 1.30. The number of aliphatic carboxylic acids is 1. The Balaban J connectivity index is 4.50. The number of amides is 3. The first kappa shape index (κ1) is 18.7. The van der Waals surface area contributed by atoms with Gasteiger partial charge >= 0.3 is 18.0 Å². The molecule has 0 aliphatic carbocycles. The van der Waals surface area contributed by atoms with Gasteiger partial charge in [-0.2, -0.15) is 0 Å². The van der Waals surface area contributed by atoms with Crippen LogP contribution >= 0.6 is 0 Å². The minimum Gasteiger partial charge on any atom is -0.480 e. The second-order valence-corrected chi connectivity index (χ2v) is 4.60. The van der Waals surface area contributed by atoms with Gasteiger partial charge in [-0.3, -0.25) is 9.59 Å². The summed E-state index contributed by atoms with van der Waals surface area (Å²) in [6, 6.07) is -1.93. The zero-order valence-electron chi connectivity index (χ0n) is 12.6. The molecule has 9 heteroatoms. The highest BCUT2D eigenvalue weighted by atomic mass is 16.5. The van der Waals surface area contributed by atoms with Crippen molar-refractivity contribution in [1.82, 2.24) is 15.1 Å². The summed E-state index contributed by atoms with van der Waals surface area (Å²) in [7, 11) is 5.66. The summed E-state index contributed by atoms with van der Waals surface area (Å²) in [6.45, 7) is -0.178. The van der Waals surface area contributed by atoms with Crippen molar-refractivity contribution >= 4 is 23.9 Å². The van der Waals surface area contributed by atoms with Crippen molar-refractivity contribution in [2.45, 2.75) is 18.9 Å². The van der Waals surface area contributed by atoms with Crippen molar-refractivity contribution in [3.8, 4) is 0 Å². The lowest BCUT2D eigenvalue weighted by Crippen LogP contribution is -2.49. The molecule has 0 aromatic carbocycles. The number of hydrogen-bond donors (Lipinski definition) is 2. The van der Waals surface area contributed by atoms with Gasteiger partial charge < -0.3 is 25.0 Å². The van der Waals surface area contributed by atoms with E-state index >= 15 is 0 Å². The predicted octanol–water partition coefficient (Wildman–Crippen LogP) is -0.878. The van der Waals surface area contributed by atoms with Crippen LogP contribution in [0.3, 0.4) is 0 Å². The van der Waals surface area contributed by atoms with Crippen LogP contribution < -0.4 is 5.32 Å². The van der Waals surface area contributed by atoms with Crippen LogP contribution in [0.1, 0.15) is 12.8 Å². The number of ether oxygens (including phenoxy) is 1. The summed E-state index contributed by atoms with van der Waals surface area (Å²) >= 11 is 0. The summed E-state index contributed by atoms with van der Waals surface area (Å²) in [6.07, 6.45) is -0.225. The molecule has 2 N–H and O–H groups in total. The molecule has 0 aromatic rings. The van der Waals surface area contributed by atoms with Gasteiger partial charge in [0.25, 0.3) is 0 Å². The zero-order chi connectivity index (χ0) is 16.6. The summed E-state index contributed by atoms with van der Waals surface area (Å²) in [4.78, 5) is 47.7. The van der Waals surface area contributed by atoms with Gasteiger partial charge in [0.2, 0.25) is 5.91 Å². The second-order valence-electron chi connectivity index (χ2n) is 4.60. The molecule has 3 amide bonds. The molecular weight excluding hydrogens is 282 g/mol. The van der Waals surface area contributed by atoms with Crippen LogP contribution in [-0.4, -0.2) is 79.6 Å². The molecule has 0 radical (unpaired) electrons. The van der Waals surface area contributed by atoms with Gasteiger partial charge in [-0.15, -0.1) is 0 Å². The highest BCUT2D eigenvalue weighted by molar-refractivity contribution is 5.86. The smallest absolute Gasteiger partial charge is 0.326 e. The minimum atomic E-state index is -1.26. The summed E-state index contributed by atoms with van der Waals surface area (Å²) in [5.41, 5.74) is 0. The first-order valence-corrected chi connectivity index (χ1v) is 6.20. The Hall–Kier alpha value is -2.32. The van der Waals surface area contributed by atoms with E-state index in [1.807, 2.05) is 0 Å². The number of methoxy groups -OCH3 is 1. The first-order chi connectivity index (χ1) is 9.68. The molecule has 9 nitrogen and oxygen atoms in total. The Bertz CT molecular complexity index is 410. The molecule has 0 aliphatic rings. The number of esters is 1. The van der Waals surface area contributed by atoms with Crippen molar-refractivity contribution < 1.29 is 29.0 Å². The largest absolute Gasteiger partial charge is 0.480 e. The third-order valence-electron chi connectivity index (χ3n) is 2.68. The van der Waals surface area contributed by atoms with Gasteiger partial charge in [0.1, 0.15) is 12.6 Å². The van der Waals surface area contributed by atoms with Crippen molar-refractivity contribution in [3.63, 3.8) is 0 Å². The van der Waals surface area contributed by atoms with E-state index in [1.54, 1.807) is 14.1 Å². The van der Waals surface area contributed by atoms with Crippen LogP contribution in [0.5, 0.6) is 0 Å². The summed E-state index contributed by atoms with van der Waals surface area (Å²) < 4.78 is 4.41. The van der Waals surface area contributed by atoms with Crippen LogP contribution in [-0.2, 0) is 19.1 Å². The third-order valence-corrected chi connectivity index (χ3v) is 2.68. The SMILES string of the molecule is COC(=O)CC[C@@H](NC(=O)N(C)CC(=O)N(C)C)C(=O)O. The van der Waals surface area contributed by atoms with Gasteiger partial charge in [-0.05, 0) is 6.42 Å². The number of urea groups is 1. The quantitative estimate of drug-likeness (QED) is 0.590. The molecule has 21 heavy (non-hydrogen) atoms. The molecule has 1 atom stereocenters. The van der Waals surface area contributed by atoms with Gasteiger partial charge in [0.15, 0.2) is 0 Å². The average molecular weight is 303 g/mol. The van der Waals surface area contributed by atoms with Crippen molar-refractivity contribution in [1.29, 1.82) is 0 Å². The van der Waals surface area contributed by atoms with E-state index in [-0.39, 0.29) is 25.3 Å². The Morgan fingerprint density at radius 1 is 1.19 bits per heavy atom. The van der Waals surface area contributed by atoms with Crippen LogP contribution in [0.2, 0.25) is 0 Å². The molecule has 0 fully saturated rings. The van der Waals surface area contributed by atoms with E-state index in [1.165, 1.54) is 19.1 Å². The normalized spacial score (nSPS) is 11.2. The number of carboxylic acid groups (broad SMARTS) is 1. The van der Waals surface area contributed by atoms with Crippen LogP contribution in [0.25, 0.3) is 0 Å². The lowest BCUT2D eigenvalue weighted by atomic mass is 10.1. The van der Waals surface area contributed by atoms with E-state index in [9.17, 15) is 19.2 Å². The van der Waals surface area contributed by atoms with E-state index in [2.05, 4.69) is 10.1 Å².